The highest BCUT2D eigenvalue weighted by Crippen LogP contribution is 2.32. The van der Waals surface area contributed by atoms with Crippen molar-refractivity contribution in [3.8, 4) is 0 Å². The minimum atomic E-state index is -3.02. The number of halogens is 1. The Balaban J connectivity index is 1.87. The van der Waals surface area contributed by atoms with Crippen molar-refractivity contribution in [1.82, 2.24) is 10.3 Å². The molecule has 5 nitrogen and oxygen atoms in total. The Labute approximate surface area is 140 Å². The van der Waals surface area contributed by atoms with Crippen LogP contribution in [0.1, 0.15) is 25.8 Å². The Morgan fingerprint density at radius 2 is 2.13 bits per heavy atom. The molecule has 1 aliphatic heterocycles. The fourth-order valence-corrected chi connectivity index (χ4v) is 4.85. The first-order chi connectivity index (χ1) is 10.7. The first-order valence-electron chi connectivity index (χ1n) is 7.47. The van der Waals surface area contributed by atoms with Crippen molar-refractivity contribution in [3.05, 3.63) is 35.0 Å². The lowest BCUT2D eigenvalue weighted by molar-refractivity contribution is -0.126. The number of H-pyrrole nitrogens is 1. The number of sulfone groups is 1. The van der Waals surface area contributed by atoms with Crippen LogP contribution in [0.2, 0.25) is 5.02 Å². The van der Waals surface area contributed by atoms with E-state index in [2.05, 4.69) is 10.3 Å². The first-order valence-corrected chi connectivity index (χ1v) is 9.67. The van der Waals surface area contributed by atoms with Gasteiger partial charge >= 0.3 is 0 Å². The largest absolute Gasteiger partial charge is 0.361 e. The number of aromatic nitrogens is 1. The van der Waals surface area contributed by atoms with Crippen LogP contribution in [0.4, 0.5) is 0 Å². The molecule has 2 N–H and O–H groups in total. The number of amides is 1. The zero-order valence-electron chi connectivity index (χ0n) is 13.0. The number of carbonyl (C=O) groups excluding carboxylic acids is 1. The maximum atomic E-state index is 12.7. The maximum absolute atomic E-state index is 12.7. The highest BCUT2D eigenvalue weighted by molar-refractivity contribution is 7.91. The Kier molecular flexibility index (Phi) is 3.92. The average Bonchev–Trinajstić information content (AvgIpc) is 3.01. The fourth-order valence-electron chi connectivity index (χ4n) is 3.01. The Morgan fingerprint density at radius 3 is 2.78 bits per heavy atom. The van der Waals surface area contributed by atoms with E-state index in [9.17, 15) is 13.2 Å². The number of fused-ring (bicyclic) bond motifs is 1. The van der Waals surface area contributed by atoms with Gasteiger partial charge in [0.25, 0.3) is 0 Å². The van der Waals surface area contributed by atoms with E-state index in [0.717, 1.165) is 16.5 Å². The molecule has 1 unspecified atom stereocenters. The first kappa shape index (κ1) is 16.3. The molecule has 1 aromatic heterocycles. The minimum absolute atomic E-state index is 0.0224. The molecule has 0 bridgehead atoms. The van der Waals surface area contributed by atoms with Crippen LogP contribution in [0.15, 0.2) is 24.4 Å². The summed E-state index contributed by atoms with van der Waals surface area (Å²) in [6.07, 6.45) is 2.29. The Hall–Kier alpha value is -1.53. The number of hydrogen-bond donors (Lipinski definition) is 2. The molecule has 1 aromatic carbocycles. The maximum Gasteiger partial charge on any atom is 0.230 e. The summed E-state index contributed by atoms with van der Waals surface area (Å²) in [6.45, 7) is 3.66. The van der Waals surface area contributed by atoms with Crippen molar-refractivity contribution in [1.29, 1.82) is 0 Å². The molecule has 23 heavy (non-hydrogen) atoms. The topological polar surface area (TPSA) is 79.0 Å². The molecular weight excluding hydrogens is 336 g/mol. The van der Waals surface area contributed by atoms with Gasteiger partial charge < -0.3 is 10.3 Å². The van der Waals surface area contributed by atoms with E-state index >= 15 is 0 Å². The van der Waals surface area contributed by atoms with Gasteiger partial charge in [0.2, 0.25) is 5.91 Å². The monoisotopic (exact) mass is 354 g/mol. The Bertz CT molecular complexity index is 871. The molecule has 1 saturated heterocycles. The fraction of sp³-hybridized carbons (Fsp3) is 0.438. The molecule has 1 atom stereocenters. The SMILES string of the molecule is CC(C)(C(=O)NC1CCS(=O)(=O)C1)c1c[nH]c2ccc(Cl)cc12. The van der Waals surface area contributed by atoms with Crippen molar-refractivity contribution < 1.29 is 13.2 Å². The van der Waals surface area contributed by atoms with Crippen LogP contribution in [0, 0.1) is 0 Å². The molecule has 124 valence electrons. The van der Waals surface area contributed by atoms with E-state index in [0.29, 0.717) is 11.4 Å². The summed E-state index contributed by atoms with van der Waals surface area (Å²) in [6, 6.07) is 5.19. The number of aromatic amines is 1. The van der Waals surface area contributed by atoms with Crippen LogP contribution in [0.5, 0.6) is 0 Å². The van der Waals surface area contributed by atoms with Crippen LogP contribution < -0.4 is 5.32 Å². The lowest BCUT2D eigenvalue weighted by Crippen LogP contribution is -2.45. The second kappa shape index (κ2) is 5.53. The molecule has 0 radical (unpaired) electrons. The number of benzene rings is 1. The van der Waals surface area contributed by atoms with E-state index in [1.165, 1.54) is 0 Å². The molecule has 1 fully saturated rings. The molecule has 1 aliphatic rings. The van der Waals surface area contributed by atoms with Gasteiger partial charge in [0.1, 0.15) is 0 Å². The van der Waals surface area contributed by atoms with Crippen molar-refractivity contribution in [2.45, 2.75) is 31.7 Å². The number of hydrogen-bond acceptors (Lipinski definition) is 3. The van der Waals surface area contributed by atoms with Gasteiger partial charge in [-0.15, -0.1) is 0 Å². The summed E-state index contributed by atoms with van der Waals surface area (Å²) in [5, 5.41) is 4.38. The zero-order valence-corrected chi connectivity index (χ0v) is 14.6. The summed E-state index contributed by atoms with van der Waals surface area (Å²) in [5.74, 6) is -0.0178. The second-order valence-corrected chi connectivity index (χ2v) is 9.26. The van der Waals surface area contributed by atoms with E-state index in [1.807, 2.05) is 32.2 Å². The van der Waals surface area contributed by atoms with Gasteiger partial charge in [0.15, 0.2) is 9.84 Å². The van der Waals surface area contributed by atoms with Crippen molar-refractivity contribution in [3.63, 3.8) is 0 Å². The van der Waals surface area contributed by atoms with Crippen LogP contribution in [-0.2, 0) is 20.0 Å². The summed E-state index contributed by atoms with van der Waals surface area (Å²) < 4.78 is 23.1. The van der Waals surface area contributed by atoms with Gasteiger partial charge in [-0.2, -0.15) is 0 Å². The van der Waals surface area contributed by atoms with E-state index < -0.39 is 15.3 Å². The third kappa shape index (κ3) is 3.10. The number of carbonyl (C=O) groups is 1. The van der Waals surface area contributed by atoms with Crippen molar-refractivity contribution in [2.24, 2.45) is 0 Å². The highest BCUT2D eigenvalue weighted by Gasteiger charge is 2.36. The summed E-state index contributed by atoms with van der Waals surface area (Å²) in [4.78, 5) is 15.9. The van der Waals surface area contributed by atoms with Gasteiger partial charge in [0, 0.05) is 28.2 Å². The van der Waals surface area contributed by atoms with Crippen molar-refractivity contribution >= 4 is 38.2 Å². The standard InChI is InChI=1S/C16H19ClN2O3S/c1-16(2,15(20)19-11-5-6-23(21,22)9-11)13-8-18-14-4-3-10(17)7-12(13)14/h3-4,7-8,11,18H,5-6,9H2,1-2H3,(H,19,20). The molecule has 1 amide bonds. The molecule has 0 spiro atoms. The lowest BCUT2D eigenvalue weighted by Gasteiger charge is -2.25. The third-order valence-corrected chi connectivity index (χ3v) is 6.46. The van der Waals surface area contributed by atoms with E-state index in [4.69, 9.17) is 11.6 Å². The predicted octanol–water partition coefficient (Wildman–Crippen LogP) is 2.40. The zero-order chi connectivity index (χ0) is 16.8. The number of nitrogens with one attached hydrogen (secondary N) is 2. The summed E-state index contributed by atoms with van der Waals surface area (Å²) >= 11 is 6.06. The predicted molar refractivity (Wildman–Crippen MR) is 91.5 cm³/mol. The lowest BCUT2D eigenvalue weighted by atomic mass is 9.83. The van der Waals surface area contributed by atoms with Gasteiger partial charge in [0.05, 0.1) is 16.9 Å². The van der Waals surface area contributed by atoms with Gasteiger partial charge in [-0.25, -0.2) is 8.42 Å². The third-order valence-electron chi connectivity index (χ3n) is 4.45. The molecular formula is C16H19ClN2O3S. The van der Waals surface area contributed by atoms with Crippen molar-refractivity contribution in [2.75, 3.05) is 11.5 Å². The smallest absolute Gasteiger partial charge is 0.230 e. The van der Waals surface area contributed by atoms with E-state index in [1.54, 1.807) is 6.07 Å². The Morgan fingerprint density at radius 1 is 1.39 bits per heavy atom. The summed E-state index contributed by atoms with van der Waals surface area (Å²) in [7, 11) is -3.02. The van der Waals surface area contributed by atoms with Crippen LogP contribution in [-0.4, -0.2) is 36.9 Å². The van der Waals surface area contributed by atoms with Crippen LogP contribution in [0.3, 0.4) is 0 Å². The normalized spacial score (nSPS) is 20.7. The van der Waals surface area contributed by atoms with Gasteiger partial charge in [-0.05, 0) is 44.0 Å². The number of rotatable bonds is 3. The van der Waals surface area contributed by atoms with Crippen LogP contribution >= 0.6 is 11.6 Å². The molecule has 7 heteroatoms. The molecule has 2 heterocycles. The van der Waals surface area contributed by atoms with Gasteiger partial charge in [-0.1, -0.05) is 11.6 Å². The highest BCUT2D eigenvalue weighted by atomic mass is 35.5. The quantitative estimate of drug-likeness (QED) is 0.888. The molecule has 0 saturated carbocycles. The van der Waals surface area contributed by atoms with Crippen LogP contribution in [0.25, 0.3) is 10.9 Å². The average molecular weight is 355 g/mol. The second-order valence-electron chi connectivity index (χ2n) is 6.59. The minimum Gasteiger partial charge on any atom is -0.361 e. The van der Waals surface area contributed by atoms with E-state index in [-0.39, 0.29) is 23.5 Å². The molecule has 0 aliphatic carbocycles. The molecule has 3 rings (SSSR count). The summed E-state index contributed by atoms with van der Waals surface area (Å²) in [5.41, 5.74) is 0.956. The van der Waals surface area contributed by atoms with Gasteiger partial charge in [-0.3, -0.25) is 4.79 Å². The molecule has 2 aromatic rings.